The van der Waals surface area contributed by atoms with Crippen LogP contribution in [-0.4, -0.2) is 20.6 Å². The molecule has 0 aliphatic heterocycles. The molecule has 0 bridgehead atoms. The molecule has 0 atom stereocenters. The summed E-state index contributed by atoms with van der Waals surface area (Å²) in [4.78, 5) is 16.2. The van der Waals surface area contributed by atoms with Gasteiger partial charge in [0.2, 0.25) is 0 Å². The normalized spacial score (nSPS) is 10.7. The molecule has 3 aromatic rings. The van der Waals surface area contributed by atoms with Gasteiger partial charge in [0.1, 0.15) is 11.3 Å². The maximum Gasteiger partial charge on any atom is 0.257 e. The molecule has 0 unspecified atom stereocenters. The minimum absolute atomic E-state index is 0.163. The molecule has 6 heteroatoms. The molecule has 6 nitrogen and oxygen atoms in total. The average Bonchev–Trinajstić information content (AvgIpc) is 3.16. The van der Waals surface area contributed by atoms with E-state index in [2.05, 4.69) is 27.6 Å². The Labute approximate surface area is 134 Å². The van der Waals surface area contributed by atoms with E-state index in [1.54, 1.807) is 26.4 Å². The van der Waals surface area contributed by atoms with Gasteiger partial charge in [-0.2, -0.15) is 0 Å². The number of carbonyl (C=O) groups is 1. The number of carbonyl (C=O) groups excluding carboxylic acids is 1. The lowest BCUT2D eigenvalue weighted by Crippen LogP contribution is -2.23. The molecule has 0 fully saturated rings. The summed E-state index contributed by atoms with van der Waals surface area (Å²) in [5, 5.41) is 6.69. The van der Waals surface area contributed by atoms with E-state index in [-0.39, 0.29) is 5.91 Å². The van der Waals surface area contributed by atoms with Gasteiger partial charge in [-0.1, -0.05) is 29.4 Å². The van der Waals surface area contributed by atoms with Gasteiger partial charge in [0.25, 0.3) is 5.91 Å². The summed E-state index contributed by atoms with van der Waals surface area (Å²) in [7, 11) is 0. The van der Waals surface area contributed by atoms with Crippen molar-refractivity contribution in [2.75, 3.05) is 0 Å². The second-order valence-corrected chi connectivity index (χ2v) is 5.43. The molecule has 0 spiro atoms. The van der Waals surface area contributed by atoms with E-state index in [0.29, 0.717) is 23.6 Å². The van der Waals surface area contributed by atoms with Crippen LogP contribution in [0.15, 0.2) is 47.5 Å². The topological polar surface area (TPSA) is 73.0 Å². The van der Waals surface area contributed by atoms with Crippen LogP contribution in [0, 0.1) is 13.8 Å². The Morgan fingerprint density at radius 2 is 1.96 bits per heavy atom. The van der Waals surface area contributed by atoms with E-state index in [4.69, 9.17) is 4.52 Å². The van der Waals surface area contributed by atoms with Crippen molar-refractivity contribution in [2.24, 2.45) is 0 Å². The molecule has 0 radical (unpaired) electrons. The van der Waals surface area contributed by atoms with E-state index in [9.17, 15) is 4.79 Å². The molecule has 1 N–H and O–H groups in total. The van der Waals surface area contributed by atoms with Gasteiger partial charge >= 0.3 is 0 Å². The summed E-state index contributed by atoms with van der Waals surface area (Å²) < 4.78 is 7.02. The molecule has 3 rings (SSSR count). The third-order valence-corrected chi connectivity index (χ3v) is 3.66. The number of aryl methyl sites for hydroxylation is 2. The first kappa shape index (κ1) is 15.0. The highest BCUT2D eigenvalue weighted by molar-refractivity contribution is 5.95. The zero-order valence-electron chi connectivity index (χ0n) is 13.1. The van der Waals surface area contributed by atoms with Crippen molar-refractivity contribution in [3.63, 3.8) is 0 Å². The van der Waals surface area contributed by atoms with Gasteiger partial charge in [-0.25, -0.2) is 4.98 Å². The fourth-order valence-electron chi connectivity index (χ4n) is 2.43. The second-order valence-electron chi connectivity index (χ2n) is 5.43. The van der Waals surface area contributed by atoms with Crippen molar-refractivity contribution >= 4 is 5.91 Å². The maximum absolute atomic E-state index is 12.2. The SMILES string of the molecule is Cc1noc(C)c1C(=O)NCc1ccc(Cn2ccnc2)cc1. The van der Waals surface area contributed by atoms with Gasteiger partial charge in [-0.15, -0.1) is 0 Å². The molecular formula is C17H18N4O2. The lowest BCUT2D eigenvalue weighted by atomic mass is 10.1. The van der Waals surface area contributed by atoms with Gasteiger partial charge in [0.15, 0.2) is 0 Å². The van der Waals surface area contributed by atoms with E-state index in [1.807, 2.05) is 22.9 Å². The number of hydrogen-bond donors (Lipinski definition) is 1. The molecule has 1 aromatic carbocycles. The quantitative estimate of drug-likeness (QED) is 0.785. The number of aromatic nitrogens is 3. The smallest absolute Gasteiger partial charge is 0.257 e. The number of amides is 1. The molecule has 0 aliphatic rings. The van der Waals surface area contributed by atoms with Crippen molar-refractivity contribution in [1.82, 2.24) is 20.0 Å². The van der Waals surface area contributed by atoms with Crippen molar-refractivity contribution < 1.29 is 9.32 Å². The van der Waals surface area contributed by atoms with E-state index >= 15 is 0 Å². The molecule has 0 aliphatic carbocycles. The largest absolute Gasteiger partial charge is 0.361 e. The van der Waals surface area contributed by atoms with Crippen LogP contribution in [0.5, 0.6) is 0 Å². The second kappa shape index (κ2) is 6.48. The molecule has 1 amide bonds. The Bertz CT molecular complexity index is 769. The van der Waals surface area contributed by atoms with Crippen LogP contribution < -0.4 is 5.32 Å². The predicted octanol–water partition coefficient (Wildman–Crippen LogP) is 2.47. The fraction of sp³-hybridized carbons (Fsp3) is 0.235. The summed E-state index contributed by atoms with van der Waals surface area (Å²) in [5.41, 5.74) is 3.35. The Morgan fingerprint density at radius 3 is 2.57 bits per heavy atom. The minimum Gasteiger partial charge on any atom is -0.361 e. The van der Waals surface area contributed by atoms with E-state index in [0.717, 1.165) is 12.1 Å². The van der Waals surface area contributed by atoms with Crippen LogP contribution in [-0.2, 0) is 13.1 Å². The van der Waals surface area contributed by atoms with Crippen molar-refractivity contribution in [2.45, 2.75) is 26.9 Å². The molecule has 0 saturated carbocycles. The Kier molecular flexibility index (Phi) is 4.23. The highest BCUT2D eigenvalue weighted by Crippen LogP contribution is 2.12. The fourth-order valence-corrected chi connectivity index (χ4v) is 2.43. The summed E-state index contributed by atoms with van der Waals surface area (Å²) in [5.74, 6) is 0.374. The standard InChI is InChI=1S/C17H18N4O2/c1-12-16(13(2)23-20-12)17(22)19-9-14-3-5-15(6-4-14)10-21-8-7-18-11-21/h3-8,11H,9-10H2,1-2H3,(H,19,22). The Balaban J connectivity index is 1.59. The summed E-state index contributed by atoms with van der Waals surface area (Å²) >= 11 is 0. The van der Waals surface area contributed by atoms with Crippen LogP contribution >= 0.6 is 0 Å². The van der Waals surface area contributed by atoms with Crippen LogP contribution in [0.2, 0.25) is 0 Å². The Hall–Kier alpha value is -2.89. The summed E-state index contributed by atoms with van der Waals surface area (Å²) in [6.07, 6.45) is 5.48. The zero-order chi connectivity index (χ0) is 16.2. The first-order chi connectivity index (χ1) is 11.1. The lowest BCUT2D eigenvalue weighted by Gasteiger charge is -2.07. The van der Waals surface area contributed by atoms with Gasteiger partial charge < -0.3 is 14.4 Å². The third kappa shape index (κ3) is 3.48. The van der Waals surface area contributed by atoms with Crippen molar-refractivity contribution in [3.8, 4) is 0 Å². The molecule has 0 saturated heterocycles. The first-order valence-electron chi connectivity index (χ1n) is 7.38. The Morgan fingerprint density at radius 1 is 1.22 bits per heavy atom. The van der Waals surface area contributed by atoms with Crippen LogP contribution in [0.1, 0.15) is 32.9 Å². The van der Waals surface area contributed by atoms with E-state index in [1.165, 1.54) is 5.56 Å². The summed E-state index contributed by atoms with van der Waals surface area (Å²) in [6, 6.07) is 8.13. The maximum atomic E-state index is 12.2. The number of benzene rings is 1. The number of nitrogens with one attached hydrogen (secondary N) is 1. The van der Waals surface area contributed by atoms with Gasteiger partial charge in [0, 0.05) is 25.5 Å². The molecule has 2 aromatic heterocycles. The van der Waals surface area contributed by atoms with Gasteiger partial charge in [-0.3, -0.25) is 4.79 Å². The average molecular weight is 310 g/mol. The third-order valence-electron chi connectivity index (χ3n) is 3.66. The van der Waals surface area contributed by atoms with Crippen LogP contribution in [0.25, 0.3) is 0 Å². The highest BCUT2D eigenvalue weighted by atomic mass is 16.5. The van der Waals surface area contributed by atoms with Crippen LogP contribution in [0.4, 0.5) is 0 Å². The molecule has 2 heterocycles. The number of rotatable bonds is 5. The molecule has 23 heavy (non-hydrogen) atoms. The van der Waals surface area contributed by atoms with E-state index < -0.39 is 0 Å². The number of imidazole rings is 1. The monoisotopic (exact) mass is 310 g/mol. The first-order valence-corrected chi connectivity index (χ1v) is 7.38. The van der Waals surface area contributed by atoms with Crippen LogP contribution in [0.3, 0.4) is 0 Å². The number of nitrogens with zero attached hydrogens (tertiary/aromatic N) is 3. The predicted molar refractivity (Wildman–Crippen MR) is 84.9 cm³/mol. The van der Waals surface area contributed by atoms with Gasteiger partial charge in [0.05, 0.1) is 12.0 Å². The highest BCUT2D eigenvalue weighted by Gasteiger charge is 2.16. The molecule has 118 valence electrons. The van der Waals surface area contributed by atoms with Crippen molar-refractivity contribution in [1.29, 1.82) is 0 Å². The zero-order valence-corrected chi connectivity index (χ0v) is 13.1. The lowest BCUT2D eigenvalue weighted by molar-refractivity contribution is 0.0949. The minimum atomic E-state index is -0.163. The summed E-state index contributed by atoms with van der Waals surface area (Å²) in [6.45, 7) is 4.75. The van der Waals surface area contributed by atoms with Crippen molar-refractivity contribution in [3.05, 3.63) is 71.1 Å². The molecular weight excluding hydrogens is 292 g/mol. The number of hydrogen-bond acceptors (Lipinski definition) is 4. The van der Waals surface area contributed by atoms with Gasteiger partial charge in [-0.05, 0) is 25.0 Å².